The minimum Gasteiger partial charge on any atom is -0.396 e. The Kier molecular flexibility index (Phi) is 3.19. The van der Waals surface area contributed by atoms with E-state index in [1.54, 1.807) is 6.20 Å². The van der Waals surface area contributed by atoms with E-state index >= 15 is 0 Å². The van der Waals surface area contributed by atoms with E-state index in [9.17, 15) is 0 Å². The van der Waals surface area contributed by atoms with Crippen molar-refractivity contribution < 1.29 is 5.11 Å². The third kappa shape index (κ3) is 2.29. The molecule has 0 aliphatic carbocycles. The van der Waals surface area contributed by atoms with Gasteiger partial charge in [0.2, 0.25) is 0 Å². The van der Waals surface area contributed by atoms with Gasteiger partial charge < -0.3 is 10.8 Å². The number of aliphatic hydroxyl groups excluding tert-OH is 1. The molecule has 1 aromatic heterocycles. The molecule has 3 heteroatoms. The number of rotatable bonds is 3. The molecule has 1 rings (SSSR count). The summed E-state index contributed by atoms with van der Waals surface area (Å²) in [4.78, 5) is 4.16. The third-order valence-electron chi connectivity index (χ3n) is 1.75. The molecule has 0 radical (unpaired) electrons. The monoisotopic (exact) mass is 166 g/mol. The largest absolute Gasteiger partial charge is 0.396 e. The van der Waals surface area contributed by atoms with E-state index in [1.165, 1.54) is 0 Å². The maximum absolute atomic E-state index is 8.64. The van der Waals surface area contributed by atoms with Crippen LogP contribution in [-0.4, -0.2) is 16.7 Å². The van der Waals surface area contributed by atoms with Crippen molar-refractivity contribution in [2.24, 2.45) is 5.73 Å². The standard InChI is InChI=1S/C9H14N2O/c1-7-2-3-9(11-6-7)8(10)4-5-12/h2-3,6,8,12H,4-5,10H2,1H3/t8-/m1/s1. The summed E-state index contributed by atoms with van der Waals surface area (Å²) in [6.07, 6.45) is 2.35. The Bertz CT molecular complexity index is 233. The normalized spacial score (nSPS) is 12.9. The lowest BCUT2D eigenvalue weighted by atomic mass is 10.1. The van der Waals surface area contributed by atoms with Crippen molar-refractivity contribution in [3.63, 3.8) is 0 Å². The Balaban J connectivity index is 2.68. The van der Waals surface area contributed by atoms with Gasteiger partial charge in [0.05, 0.1) is 5.69 Å². The second kappa shape index (κ2) is 4.18. The summed E-state index contributed by atoms with van der Waals surface area (Å²) in [7, 11) is 0. The Labute approximate surface area is 72.2 Å². The van der Waals surface area contributed by atoms with Crippen molar-refractivity contribution in [1.29, 1.82) is 0 Å². The molecule has 0 unspecified atom stereocenters. The van der Waals surface area contributed by atoms with Gasteiger partial charge in [0.15, 0.2) is 0 Å². The van der Waals surface area contributed by atoms with Crippen molar-refractivity contribution in [2.45, 2.75) is 19.4 Å². The lowest BCUT2D eigenvalue weighted by Gasteiger charge is -2.08. The summed E-state index contributed by atoms with van der Waals surface area (Å²) in [5.41, 5.74) is 7.70. The van der Waals surface area contributed by atoms with E-state index in [-0.39, 0.29) is 12.6 Å². The number of nitrogens with two attached hydrogens (primary N) is 1. The number of aliphatic hydroxyl groups is 1. The van der Waals surface area contributed by atoms with Gasteiger partial charge in [-0.1, -0.05) is 6.07 Å². The van der Waals surface area contributed by atoms with Crippen LogP contribution in [0.2, 0.25) is 0 Å². The van der Waals surface area contributed by atoms with Crippen LogP contribution in [0.4, 0.5) is 0 Å². The average molecular weight is 166 g/mol. The zero-order valence-corrected chi connectivity index (χ0v) is 7.20. The first-order chi connectivity index (χ1) is 5.74. The molecule has 0 bridgehead atoms. The zero-order valence-electron chi connectivity index (χ0n) is 7.20. The Morgan fingerprint density at radius 2 is 2.33 bits per heavy atom. The molecular formula is C9H14N2O. The van der Waals surface area contributed by atoms with Crippen molar-refractivity contribution >= 4 is 0 Å². The topological polar surface area (TPSA) is 59.1 Å². The van der Waals surface area contributed by atoms with Crippen LogP contribution in [0.3, 0.4) is 0 Å². The van der Waals surface area contributed by atoms with Gasteiger partial charge in [-0.05, 0) is 25.0 Å². The van der Waals surface area contributed by atoms with E-state index in [2.05, 4.69) is 4.98 Å². The number of aryl methyl sites for hydroxylation is 1. The Morgan fingerprint density at radius 1 is 1.58 bits per heavy atom. The molecule has 66 valence electrons. The summed E-state index contributed by atoms with van der Waals surface area (Å²) < 4.78 is 0. The second-order valence-electron chi connectivity index (χ2n) is 2.88. The summed E-state index contributed by atoms with van der Waals surface area (Å²) in [5, 5.41) is 8.64. The van der Waals surface area contributed by atoms with Gasteiger partial charge in [0.1, 0.15) is 0 Å². The number of pyridine rings is 1. The fourth-order valence-corrected chi connectivity index (χ4v) is 0.986. The average Bonchev–Trinajstić information content (AvgIpc) is 2.06. The molecule has 0 spiro atoms. The van der Waals surface area contributed by atoms with Crippen molar-refractivity contribution in [3.05, 3.63) is 29.6 Å². The van der Waals surface area contributed by atoms with E-state index < -0.39 is 0 Å². The van der Waals surface area contributed by atoms with Gasteiger partial charge in [-0.15, -0.1) is 0 Å². The highest BCUT2D eigenvalue weighted by Crippen LogP contribution is 2.10. The molecule has 12 heavy (non-hydrogen) atoms. The van der Waals surface area contributed by atoms with Crippen LogP contribution >= 0.6 is 0 Å². The van der Waals surface area contributed by atoms with Crippen LogP contribution in [0.15, 0.2) is 18.3 Å². The molecule has 1 heterocycles. The molecule has 0 aliphatic rings. The predicted molar refractivity (Wildman–Crippen MR) is 47.6 cm³/mol. The van der Waals surface area contributed by atoms with E-state index in [1.807, 2.05) is 19.1 Å². The molecule has 3 N–H and O–H groups in total. The molecule has 0 aliphatic heterocycles. The molecular weight excluding hydrogens is 152 g/mol. The highest BCUT2D eigenvalue weighted by Gasteiger charge is 2.04. The van der Waals surface area contributed by atoms with Gasteiger partial charge in [0, 0.05) is 18.8 Å². The fourth-order valence-electron chi connectivity index (χ4n) is 0.986. The third-order valence-corrected chi connectivity index (χ3v) is 1.75. The highest BCUT2D eigenvalue weighted by atomic mass is 16.3. The molecule has 0 saturated heterocycles. The SMILES string of the molecule is Cc1ccc([C@H](N)CCO)nc1. The van der Waals surface area contributed by atoms with Crippen LogP contribution in [0.5, 0.6) is 0 Å². The maximum atomic E-state index is 8.64. The lowest BCUT2D eigenvalue weighted by molar-refractivity contribution is 0.275. The van der Waals surface area contributed by atoms with Crippen LogP contribution in [0, 0.1) is 6.92 Å². The molecule has 1 aromatic rings. The zero-order chi connectivity index (χ0) is 8.97. The van der Waals surface area contributed by atoms with E-state index in [4.69, 9.17) is 10.8 Å². The second-order valence-corrected chi connectivity index (χ2v) is 2.88. The van der Waals surface area contributed by atoms with Crippen molar-refractivity contribution in [1.82, 2.24) is 4.98 Å². The minimum atomic E-state index is -0.143. The Hall–Kier alpha value is -0.930. The summed E-state index contributed by atoms with van der Waals surface area (Å²) in [5.74, 6) is 0. The van der Waals surface area contributed by atoms with E-state index in [0.717, 1.165) is 11.3 Å². The number of aromatic nitrogens is 1. The fraction of sp³-hybridized carbons (Fsp3) is 0.444. The molecule has 0 aromatic carbocycles. The number of hydrogen-bond acceptors (Lipinski definition) is 3. The molecule has 0 amide bonds. The van der Waals surface area contributed by atoms with Gasteiger partial charge in [-0.3, -0.25) is 4.98 Å². The first kappa shape index (κ1) is 9.16. The summed E-state index contributed by atoms with van der Waals surface area (Å²) in [6.45, 7) is 2.09. The quantitative estimate of drug-likeness (QED) is 0.697. The van der Waals surface area contributed by atoms with Gasteiger partial charge >= 0.3 is 0 Å². The van der Waals surface area contributed by atoms with Crippen LogP contribution in [0.25, 0.3) is 0 Å². The van der Waals surface area contributed by atoms with Crippen molar-refractivity contribution in [2.75, 3.05) is 6.61 Å². The summed E-state index contributed by atoms with van der Waals surface area (Å²) >= 11 is 0. The highest BCUT2D eigenvalue weighted by molar-refractivity contribution is 5.14. The van der Waals surface area contributed by atoms with Crippen molar-refractivity contribution in [3.8, 4) is 0 Å². The minimum absolute atomic E-state index is 0.108. The predicted octanol–water partition coefficient (Wildman–Crippen LogP) is 0.772. The first-order valence-electron chi connectivity index (χ1n) is 4.03. The molecule has 1 atom stereocenters. The number of hydrogen-bond donors (Lipinski definition) is 2. The molecule has 0 saturated carbocycles. The van der Waals surface area contributed by atoms with Gasteiger partial charge in [-0.2, -0.15) is 0 Å². The van der Waals surface area contributed by atoms with Gasteiger partial charge in [0.25, 0.3) is 0 Å². The molecule has 3 nitrogen and oxygen atoms in total. The maximum Gasteiger partial charge on any atom is 0.0572 e. The first-order valence-corrected chi connectivity index (χ1v) is 4.03. The van der Waals surface area contributed by atoms with Gasteiger partial charge in [-0.25, -0.2) is 0 Å². The smallest absolute Gasteiger partial charge is 0.0572 e. The van der Waals surface area contributed by atoms with Crippen LogP contribution < -0.4 is 5.73 Å². The summed E-state index contributed by atoms with van der Waals surface area (Å²) in [6, 6.07) is 3.73. The number of nitrogens with zero attached hydrogens (tertiary/aromatic N) is 1. The van der Waals surface area contributed by atoms with Crippen LogP contribution in [-0.2, 0) is 0 Å². The molecule has 0 fully saturated rings. The van der Waals surface area contributed by atoms with Crippen LogP contribution in [0.1, 0.15) is 23.7 Å². The lowest BCUT2D eigenvalue weighted by Crippen LogP contribution is -2.13. The Morgan fingerprint density at radius 3 is 2.83 bits per heavy atom. The van der Waals surface area contributed by atoms with E-state index in [0.29, 0.717) is 6.42 Å².